The molecule has 47 heavy (non-hydrogen) atoms. The molecule has 9 heteroatoms. The van der Waals surface area contributed by atoms with Gasteiger partial charge in [-0.05, 0) is 78.9 Å². The number of aliphatic hydroxyl groups excluding tert-OH is 1. The van der Waals surface area contributed by atoms with Gasteiger partial charge in [-0.3, -0.25) is 14.4 Å². The fourth-order valence-electron chi connectivity index (χ4n) is 8.24. The average Bonchev–Trinajstić information content (AvgIpc) is 3.59. The quantitative estimate of drug-likeness (QED) is 0.222. The van der Waals surface area contributed by atoms with E-state index in [9.17, 15) is 19.5 Å². The number of likely N-dealkylation sites (tertiary alicyclic amines) is 1. The zero-order valence-corrected chi connectivity index (χ0v) is 26.7. The summed E-state index contributed by atoms with van der Waals surface area (Å²) in [6, 6.07) is 27.9. The first-order valence-electron chi connectivity index (χ1n) is 16.2. The van der Waals surface area contributed by atoms with Gasteiger partial charge in [-0.25, -0.2) is 0 Å². The molecule has 4 aromatic carbocycles. The van der Waals surface area contributed by atoms with Crippen LogP contribution in [0.15, 0.2) is 97.1 Å². The first-order chi connectivity index (χ1) is 22.7. The molecule has 242 valence electrons. The van der Waals surface area contributed by atoms with Crippen LogP contribution in [0.2, 0.25) is 0 Å². The molecular formula is C38H39N3O6. The first-order valence-corrected chi connectivity index (χ1v) is 16.2. The second kappa shape index (κ2) is 11.8. The van der Waals surface area contributed by atoms with Crippen LogP contribution in [0.4, 0.5) is 11.4 Å². The van der Waals surface area contributed by atoms with Crippen molar-refractivity contribution in [3.05, 3.63) is 103 Å². The van der Waals surface area contributed by atoms with Crippen LogP contribution in [-0.4, -0.2) is 58.2 Å². The molecule has 7 atom stereocenters. The largest absolute Gasteiger partial charge is 0.494 e. The molecule has 1 spiro atoms. The van der Waals surface area contributed by atoms with Crippen LogP contribution in [0.1, 0.15) is 38.8 Å². The van der Waals surface area contributed by atoms with E-state index in [2.05, 4.69) is 10.6 Å². The minimum Gasteiger partial charge on any atom is -0.494 e. The van der Waals surface area contributed by atoms with Crippen molar-refractivity contribution in [2.45, 2.75) is 50.5 Å². The molecule has 4 aromatic rings. The molecule has 3 unspecified atom stereocenters. The van der Waals surface area contributed by atoms with E-state index in [-0.39, 0.29) is 17.7 Å². The Morgan fingerprint density at radius 2 is 1.60 bits per heavy atom. The van der Waals surface area contributed by atoms with Crippen molar-refractivity contribution in [3.8, 4) is 5.75 Å². The topological polar surface area (TPSA) is 117 Å². The summed E-state index contributed by atoms with van der Waals surface area (Å²) in [4.78, 5) is 45.0. The van der Waals surface area contributed by atoms with Crippen molar-refractivity contribution in [2.24, 2.45) is 17.8 Å². The van der Waals surface area contributed by atoms with Gasteiger partial charge in [0.25, 0.3) is 0 Å². The maximum atomic E-state index is 14.8. The number of benzene rings is 4. The van der Waals surface area contributed by atoms with Crippen molar-refractivity contribution in [1.29, 1.82) is 0 Å². The molecule has 0 radical (unpaired) electrons. The Balaban J connectivity index is 1.28. The Hall–Kier alpha value is -4.73. The molecule has 3 amide bonds. The number of carbonyl (C=O) groups is 3. The summed E-state index contributed by atoms with van der Waals surface area (Å²) in [6.45, 7) is 5.91. The maximum absolute atomic E-state index is 14.8. The van der Waals surface area contributed by atoms with Gasteiger partial charge in [-0.15, -0.1) is 0 Å². The van der Waals surface area contributed by atoms with Crippen LogP contribution >= 0.6 is 0 Å². The van der Waals surface area contributed by atoms with Crippen LogP contribution in [0.5, 0.6) is 5.75 Å². The van der Waals surface area contributed by atoms with Gasteiger partial charge in [0, 0.05) is 11.4 Å². The molecular weight excluding hydrogens is 594 g/mol. The highest BCUT2D eigenvalue weighted by atomic mass is 16.5. The minimum absolute atomic E-state index is 0.136. The van der Waals surface area contributed by atoms with Crippen LogP contribution in [-0.2, 0) is 19.1 Å². The Labute approximate surface area is 273 Å². The third-order valence-electron chi connectivity index (χ3n) is 10.4. The Morgan fingerprint density at radius 1 is 0.936 bits per heavy atom. The zero-order valence-electron chi connectivity index (χ0n) is 26.7. The molecule has 3 aliphatic heterocycles. The highest BCUT2D eigenvalue weighted by Crippen LogP contribution is 2.66. The van der Waals surface area contributed by atoms with Crippen molar-refractivity contribution >= 4 is 39.9 Å². The van der Waals surface area contributed by atoms with Gasteiger partial charge in [-0.1, -0.05) is 67.6 Å². The third-order valence-corrected chi connectivity index (χ3v) is 10.4. The standard InChI is InChI=1S/C38H39N3O6/c1-4-46-29-18-16-27(17-19-29)39-34(43)31-32-36(45)41(30(22-42)25-11-6-5-7-12-25)33(38(32)21-23(2)37(31,3)47-38)35(44)40-28-15-14-24-10-8-9-13-26(24)20-28/h5-20,23,30-33,42H,4,21-22H2,1-3H3,(H,39,43)(H,40,44)/t23?,30-,31-,32+,33?,37+,38?/m1/s1. The van der Waals surface area contributed by atoms with E-state index >= 15 is 0 Å². The van der Waals surface area contributed by atoms with Gasteiger partial charge in [0.15, 0.2) is 0 Å². The number of hydrogen-bond donors (Lipinski definition) is 3. The maximum Gasteiger partial charge on any atom is 0.250 e. The van der Waals surface area contributed by atoms with Crippen molar-refractivity contribution in [2.75, 3.05) is 23.8 Å². The Bertz CT molecular complexity index is 1830. The summed E-state index contributed by atoms with van der Waals surface area (Å²) in [5.41, 5.74) is -0.443. The lowest BCUT2D eigenvalue weighted by Gasteiger charge is -2.37. The molecule has 3 N–H and O–H groups in total. The van der Waals surface area contributed by atoms with Gasteiger partial charge >= 0.3 is 0 Å². The van der Waals surface area contributed by atoms with Crippen LogP contribution < -0.4 is 15.4 Å². The molecule has 0 aromatic heterocycles. The van der Waals surface area contributed by atoms with Crippen molar-refractivity contribution in [1.82, 2.24) is 4.90 Å². The number of fused-ring (bicyclic) bond motifs is 2. The molecule has 9 nitrogen and oxygen atoms in total. The van der Waals surface area contributed by atoms with Crippen LogP contribution in [0.3, 0.4) is 0 Å². The fourth-order valence-corrected chi connectivity index (χ4v) is 8.24. The Kier molecular flexibility index (Phi) is 7.77. The van der Waals surface area contributed by atoms with Gasteiger partial charge < -0.3 is 30.1 Å². The molecule has 0 saturated carbocycles. The van der Waals surface area contributed by atoms with Gasteiger partial charge in [0.2, 0.25) is 17.7 Å². The second-order valence-electron chi connectivity index (χ2n) is 13.1. The lowest BCUT2D eigenvalue weighted by atomic mass is 9.62. The normalized spacial score (nSPS) is 28.3. The number of nitrogens with one attached hydrogen (secondary N) is 2. The number of ether oxygens (including phenoxy) is 2. The van der Waals surface area contributed by atoms with Gasteiger partial charge in [0.05, 0.1) is 36.7 Å². The summed E-state index contributed by atoms with van der Waals surface area (Å²) in [5, 5.41) is 18.8. The fraction of sp³-hybridized carbons (Fsp3) is 0.342. The second-order valence-corrected chi connectivity index (χ2v) is 13.1. The lowest BCUT2D eigenvalue weighted by molar-refractivity contribution is -0.148. The highest BCUT2D eigenvalue weighted by molar-refractivity contribution is 6.06. The smallest absolute Gasteiger partial charge is 0.250 e. The molecule has 3 heterocycles. The zero-order chi connectivity index (χ0) is 32.9. The van der Waals surface area contributed by atoms with Crippen LogP contribution in [0.25, 0.3) is 10.8 Å². The van der Waals surface area contributed by atoms with Crippen LogP contribution in [0, 0.1) is 17.8 Å². The van der Waals surface area contributed by atoms with E-state index in [1.807, 2.05) is 93.6 Å². The molecule has 3 saturated heterocycles. The predicted molar refractivity (Wildman–Crippen MR) is 179 cm³/mol. The van der Waals surface area contributed by atoms with E-state index in [1.54, 1.807) is 24.3 Å². The van der Waals surface area contributed by atoms with Crippen molar-refractivity contribution in [3.63, 3.8) is 0 Å². The summed E-state index contributed by atoms with van der Waals surface area (Å²) in [5.74, 6) is -2.41. The highest BCUT2D eigenvalue weighted by Gasteiger charge is 2.80. The van der Waals surface area contributed by atoms with E-state index in [0.29, 0.717) is 35.7 Å². The van der Waals surface area contributed by atoms with E-state index < -0.39 is 47.6 Å². The van der Waals surface area contributed by atoms with Gasteiger partial charge in [-0.2, -0.15) is 0 Å². The predicted octanol–water partition coefficient (Wildman–Crippen LogP) is 5.56. The molecule has 3 aliphatic rings. The first kappa shape index (κ1) is 30.9. The number of nitrogens with zero attached hydrogens (tertiary/aromatic N) is 1. The van der Waals surface area contributed by atoms with Gasteiger partial charge in [0.1, 0.15) is 17.4 Å². The summed E-state index contributed by atoms with van der Waals surface area (Å²) in [6.07, 6.45) is 0.409. The number of aliphatic hydroxyl groups is 1. The number of carbonyl (C=O) groups excluding carboxylic acids is 3. The lowest BCUT2D eigenvalue weighted by Crippen LogP contribution is -2.54. The SMILES string of the molecule is CCOc1ccc(NC(=O)[C@H]2[C@H]3C(=O)N([C@H](CO)c4ccccc4)C(C(=O)Nc4ccc5ccccc5c4)C34CC(C)[C@]2(C)O4)cc1. The monoisotopic (exact) mass is 633 g/mol. The number of anilines is 2. The van der Waals surface area contributed by atoms with E-state index in [0.717, 1.165) is 10.8 Å². The molecule has 2 bridgehead atoms. The summed E-state index contributed by atoms with van der Waals surface area (Å²) < 4.78 is 12.4. The average molecular weight is 634 g/mol. The summed E-state index contributed by atoms with van der Waals surface area (Å²) in [7, 11) is 0. The van der Waals surface area contributed by atoms with E-state index in [4.69, 9.17) is 9.47 Å². The molecule has 3 fully saturated rings. The minimum atomic E-state index is -1.28. The molecule has 7 rings (SSSR count). The number of hydrogen-bond acceptors (Lipinski definition) is 6. The third kappa shape index (κ3) is 4.96. The number of amides is 3. The summed E-state index contributed by atoms with van der Waals surface area (Å²) >= 11 is 0. The number of rotatable bonds is 9. The van der Waals surface area contributed by atoms with Crippen molar-refractivity contribution < 1.29 is 29.0 Å². The van der Waals surface area contributed by atoms with E-state index in [1.165, 1.54) is 4.90 Å². The molecule has 0 aliphatic carbocycles. The Morgan fingerprint density at radius 3 is 2.30 bits per heavy atom.